The van der Waals surface area contributed by atoms with Crippen LogP contribution in [0.15, 0.2) is 35.5 Å². The van der Waals surface area contributed by atoms with Gasteiger partial charge in [0, 0.05) is 5.57 Å². The molecular formula is C10H11NO2. The summed E-state index contributed by atoms with van der Waals surface area (Å²) in [5.41, 5.74) is 1.40. The van der Waals surface area contributed by atoms with Crippen LogP contribution < -0.4 is 0 Å². The van der Waals surface area contributed by atoms with Gasteiger partial charge < -0.3 is 10.1 Å². The third-order valence-electron chi connectivity index (χ3n) is 1.80. The van der Waals surface area contributed by atoms with Gasteiger partial charge >= 0.3 is 5.97 Å². The van der Waals surface area contributed by atoms with E-state index in [1.807, 2.05) is 0 Å². The van der Waals surface area contributed by atoms with Gasteiger partial charge in [-0.25, -0.2) is 4.79 Å². The molecule has 0 saturated carbocycles. The zero-order valence-electron chi connectivity index (χ0n) is 7.63. The first-order chi connectivity index (χ1) is 6.20. The number of methoxy groups -OCH3 is 1. The van der Waals surface area contributed by atoms with E-state index in [9.17, 15) is 4.79 Å². The molecule has 0 spiro atoms. The maximum absolute atomic E-state index is 11.2. The topological polar surface area (TPSA) is 50.2 Å². The number of rotatable bonds is 1. The maximum atomic E-state index is 11.2. The highest BCUT2D eigenvalue weighted by Crippen LogP contribution is 2.17. The van der Waals surface area contributed by atoms with E-state index in [1.54, 1.807) is 31.2 Å². The van der Waals surface area contributed by atoms with Gasteiger partial charge in [0.25, 0.3) is 0 Å². The smallest absolute Gasteiger partial charge is 0.338 e. The summed E-state index contributed by atoms with van der Waals surface area (Å²) in [5, 5.41) is 7.54. The Kier molecular flexibility index (Phi) is 2.80. The normalized spacial score (nSPS) is 18.8. The molecule has 0 aromatic rings. The Labute approximate surface area is 76.9 Å². The van der Waals surface area contributed by atoms with Crippen LogP contribution in [0.3, 0.4) is 0 Å². The van der Waals surface area contributed by atoms with Gasteiger partial charge in [0.15, 0.2) is 0 Å². The van der Waals surface area contributed by atoms with Crippen molar-refractivity contribution >= 4 is 11.7 Å². The zero-order valence-corrected chi connectivity index (χ0v) is 7.63. The van der Waals surface area contributed by atoms with Crippen LogP contribution in [0.5, 0.6) is 0 Å². The highest BCUT2D eigenvalue weighted by atomic mass is 16.5. The molecule has 0 bridgehead atoms. The third-order valence-corrected chi connectivity index (χ3v) is 1.80. The fourth-order valence-corrected chi connectivity index (χ4v) is 1.16. The molecular weight excluding hydrogens is 166 g/mol. The van der Waals surface area contributed by atoms with E-state index in [0.717, 1.165) is 0 Å². The highest BCUT2D eigenvalue weighted by molar-refractivity contribution is 6.17. The summed E-state index contributed by atoms with van der Waals surface area (Å²) in [7, 11) is 1.33. The lowest BCUT2D eigenvalue weighted by Crippen LogP contribution is -2.13. The van der Waals surface area contributed by atoms with Crippen LogP contribution >= 0.6 is 0 Å². The van der Waals surface area contributed by atoms with E-state index in [0.29, 0.717) is 16.9 Å². The fraction of sp³-hybridized carbons (Fsp3) is 0.200. The van der Waals surface area contributed by atoms with Crippen molar-refractivity contribution in [1.29, 1.82) is 5.41 Å². The summed E-state index contributed by atoms with van der Waals surface area (Å²) in [4.78, 5) is 11.2. The molecule has 1 rings (SSSR count). The van der Waals surface area contributed by atoms with Crippen molar-refractivity contribution in [3.05, 3.63) is 35.5 Å². The number of carbonyl (C=O) groups excluding carboxylic acids is 1. The van der Waals surface area contributed by atoms with E-state index in [-0.39, 0.29) is 0 Å². The first kappa shape index (κ1) is 9.45. The molecule has 0 fully saturated rings. The van der Waals surface area contributed by atoms with Gasteiger partial charge in [-0.1, -0.05) is 12.2 Å². The second-order valence-electron chi connectivity index (χ2n) is 2.55. The predicted molar refractivity (Wildman–Crippen MR) is 50.7 cm³/mol. The maximum Gasteiger partial charge on any atom is 0.338 e. The summed E-state index contributed by atoms with van der Waals surface area (Å²) in [6.07, 6.45) is 6.69. The molecule has 1 aliphatic carbocycles. The van der Waals surface area contributed by atoms with E-state index >= 15 is 0 Å². The van der Waals surface area contributed by atoms with E-state index in [4.69, 9.17) is 5.41 Å². The monoisotopic (exact) mass is 177 g/mol. The second kappa shape index (κ2) is 3.85. The lowest BCUT2D eigenvalue weighted by atomic mass is 9.96. The molecule has 0 saturated heterocycles. The third kappa shape index (κ3) is 1.75. The Morgan fingerprint density at radius 2 is 2.31 bits per heavy atom. The van der Waals surface area contributed by atoms with Gasteiger partial charge in [0.1, 0.15) is 0 Å². The number of carbonyl (C=O) groups is 1. The minimum Gasteiger partial charge on any atom is -0.465 e. The van der Waals surface area contributed by atoms with Crippen molar-refractivity contribution in [2.75, 3.05) is 7.11 Å². The Hall–Kier alpha value is -1.64. The molecule has 0 unspecified atom stereocenters. The van der Waals surface area contributed by atoms with Gasteiger partial charge in [-0.05, 0) is 19.1 Å². The molecule has 0 radical (unpaired) electrons. The van der Waals surface area contributed by atoms with Crippen LogP contribution in [0.2, 0.25) is 0 Å². The molecule has 0 aromatic carbocycles. The molecule has 0 atom stereocenters. The second-order valence-corrected chi connectivity index (χ2v) is 2.55. The van der Waals surface area contributed by atoms with E-state index in [1.165, 1.54) is 7.11 Å². The molecule has 0 heterocycles. The lowest BCUT2D eigenvalue weighted by molar-refractivity contribution is -0.135. The summed E-state index contributed by atoms with van der Waals surface area (Å²) in [6, 6.07) is 0. The molecule has 0 aromatic heterocycles. The van der Waals surface area contributed by atoms with Crippen LogP contribution in [0.4, 0.5) is 0 Å². The predicted octanol–water partition coefficient (Wildman–Crippen LogP) is 1.62. The lowest BCUT2D eigenvalue weighted by Gasteiger charge is -2.11. The Bertz CT molecular complexity index is 335. The minimum absolute atomic E-state index is 0.338. The first-order valence-corrected chi connectivity index (χ1v) is 3.93. The molecule has 1 N–H and O–H groups in total. The number of nitrogens with one attached hydrogen (secondary N) is 1. The van der Waals surface area contributed by atoms with Crippen LogP contribution in [0.25, 0.3) is 0 Å². The summed E-state index contributed by atoms with van der Waals surface area (Å²) in [5.74, 6) is -0.401. The quantitative estimate of drug-likeness (QED) is 0.619. The SMILES string of the molecule is C/C=C1\C(=N)C=CC=C1C(=O)OC. The highest BCUT2D eigenvalue weighted by Gasteiger charge is 2.18. The number of ether oxygens (including phenoxy) is 1. The van der Waals surface area contributed by atoms with Crippen LogP contribution in [-0.4, -0.2) is 18.8 Å². The number of hydrogen-bond donors (Lipinski definition) is 1. The van der Waals surface area contributed by atoms with E-state index < -0.39 is 5.97 Å². The molecule has 1 aliphatic rings. The van der Waals surface area contributed by atoms with Crippen molar-refractivity contribution in [3.8, 4) is 0 Å². The Morgan fingerprint density at radius 3 is 2.85 bits per heavy atom. The van der Waals surface area contributed by atoms with Gasteiger partial charge in [-0.2, -0.15) is 0 Å². The van der Waals surface area contributed by atoms with Gasteiger partial charge in [-0.15, -0.1) is 0 Å². The van der Waals surface area contributed by atoms with Gasteiger partial charge in [0.05, 0.1) is 18.4 Å². The molecule has 0 aliphatic heterocycles. The van der Waals surface area contributed by atoms with Crippen molar-refractivity contribution < 1.29 is 9.53 Å². The number of hydrogen-bond acceptors (Lipinski definition) is 3. The van der Waals surface area contributed by atoms with E-state index in [2.05, 4.69) is 4.74 Å². The van der Waals surface area contributed by atoms with Crippen molar-refractivity contribution in [2.45, 2.75) is 6.92 Å². The summed E-state index contributed by atoms with van der Waals surface area (Å²) >= 11 is 0. The molecule has 3 heteroatoms. The Morgan fingerprint density at radius 1 is 1.62 bits per heavy atom. The van der Waals surface area contributed by atoms with Crippen molar-refractivity contribution in [2.24, 2.45) is 0 Å². The largest absolute Gasteiger partial charge is 0.465 e. The molecule has 68 valence electrons. The molecule has 0 amide bonds. The van der Waals surface area contributed by atoms with Gasteiger partial charge in [0.2, 0.25) is 0 Å². The van der Waals surface area contributed by atoms with Crippen molar-refractivity contribution in [1.82, 2.24) is 0 Å². The molecule has 13 heavy (non-hydrogen) atoms. The Balaban J connectivity index is 3.08. The standard InChI is InChI=1S/C10H11NO2/c1-3-7-8(10(12)13-2)5-4-6-9(7)11/h3-6,11H,1-2H3/b7-3-,11-9?. The fourth-order valence-electron chi connectivity index (χ4n) is 1.16. The summed E-state index contributed by atoms with van der Waals surface area (Å²) < 4.78 is 4.59. The molecule has 3 nitrogen and oxygen atoms in total. The van der Waals surface area contributed by atoms with Crippen LogP contribution in [0, 0.1) is 5.41 Å². The number of esters is 1. The average molecular weight is 177 g/mol. The van der Waals surface area contributed by atoms with Gasteiger partial charge in [-0.3, -0.25) is 0 Å². The van der Waals surface area contributed by atoms with Crippen LogP contribution in [0.1, 0.15) is 6.92 Å². The first-order valence-electron chi connectivity index (χ1n) is 3.93. The number of allylic oxidation sites excluding steroid dienone is 4. The van der Waals surface area contributed by atoms with Crippen molar-refractivity contribution in [3.63, 3.8) is 0 Å². The average Bonchev–Trinajstić information content (AvgIpc) is 2.16. The zero-order chi connectivity index (χ0) is 9.84. The minimum atomic E-state index is -0.401. The van der Waals surface area contributed by atoms with Crippen LogP contribution in [-0.2, 0) is 9.53 Å². The summed E-state index contributed by atoms with van der Waals surface area (Å²) in [6.45, 7) is 1.79.